The summed E-state index contributed by atoms with van der Waals surface area (Å²) in [6.45, 7) is 5.23. The lowest BCUT2D eigenvalue weighted by molar-refractivity contribution is -0.139. The first-order valence-corrected chi connectivity index (χ1v) is 7.11. The second-order valence-corrected chi connectivity index (χ2v) is 5.09. The van der Waals surface area contributed by atoms with E-state index in [0.717, 1.165) is 0 Å². The van der Waals surface area contributed by atoms with E-state index in [9.17, 15) is 14.4 Å². The lowest BCUT2D eigenvalue weighted by Gasteiger charge is -2.08. The van der Waals surface area contributed by atoms with Gasteiger partial charge in [-0.15, -0.1) is 0 Å². The van der Waals surface area contributed by atoms with Crippen molar-refractivity contribution >= 4 is 22.9 Å². The van der Waals surface area contributed by atoms with Crippen LogP contribution in [0.15, 0.2) is 45.6 Å². The summed E-state index contributed by atoms with van der Waals surface area (Å²) in [5.41, 5.74) is 0.0182. The van der Waals surface area contributed by atoms with Gasteiger partial charge in [-0.25, -0.2) is 9.59 Å². The van der Waals surface area contributed by atoms with E-state index in [1.54, 1.807) is 25.1 Å². The minimum Gasteiger partial charge on any atom is -0.490 e. The second-order valence-electron chi connectivity index (χ2n) is 5.09. The Morgan fingerprint density at radius 1 is 1.25 bits per heavy atom. The van der Waals surface area contributed by atoms with Crippen LogP contribution in [0.25, 0.3) is 11.0 Å². The molecule has 1 aromatic carbocycles. The lowest BCUT2D eigenvalue weighted by Crippen LogP contribution is -2.13. The number of benzene rings is 1. The van der Waals surface area contributed by atoms with Crippen LogP contribution in [0.2, 0.25) is 0 Å². The molecule has 24 heavy (non-hydrogen) atoms. The van der Waals surface area contributed by atoms with Crippen molar-refractivity contribution in [1.82, 2.24) is 0 Å². The quantitative estimate of drug-likeness (QED) is 0.357. The fourth-order valence-corrected chi connectivity index (χ4v) is 1.94. The number of aliphatic carboxylic acids is 1. The Morgan fingerprint density at radius 3 is 2.67 bits per heavy atom. The van der Waals surface area contributed by atoms with Gasteiger partial charge in [0.25, 0.3) is 0 Å². The predicted molar refractivity (Wildman–Crippen MR) is 85.1 cm³/mol. The van der Waals surface area contributed by atoms with Gasteiger partial charge in [-0.1, -0.05) is 6.58 Å². The molecule has 7 nitrogen and oxygen atoms in total. The summed E-state index contributed by atoms with van der Waals surface area (Å²) in [5, 5.41) is 9.34. The molecule has 0 radical (unpaired) electrons. The highest BCUT2D eigenvalue weighted by Gasteiger charge is 2.10. The summed E-state index contributed by atoms with van der Waals surface area (Å²) >= 11 is 0. The number of fused-ring (bicyclic) bond motifs is 1. The van der Waals surface area contributed by atoms with Crippen molar-refractivity contribution in [2.24, 2.45) is 0 Å². The van der Waals surface area contributed by atoms with Crippen LogP contribution in [-0.2, 0) is 20.7 Å². The number of carbonyl (C=O) groups excluding carboxylic acids is 1. The van der Waals surface area contributed by atoms with Crippen molar-refractivity contribution < 1.29 is 28.6 Å². The van der Waals surface area contributed by atoms with Crippen LogP contribution in [0.4, 0.5) is 0 Å². The SMILES string of the molecule is C=C(C)C(=O)OCCOc1ccc2oc(=O)c(CC(=O)O)cc2c1. The Morgan fingerprint density at radius 2 is 2.00 bits per heavy atom. The molecule has 0 saturated heterocycles. The highest BCUT2D eigenvalue weighted by Crippen LogP contribution is 2.20. The normalized spacial score (nSPS) is 10.4. The van der Waals surface area contributed by atoms with E-state index in [1.165, 1.54) is 6.07 Å². The minimum absolute atomic E-state index is 0.0579. The summed E-state index contributed by atoms with van der Waals surface area (Å²) in [6, 6.07) is 6.23. The van der Waals surface area contributed by atoms with Gasteiger partial charge in [0.05, 0.1) is 6.42 Å². The van der Waals surface area contributed by atoms with Gasteiger partial charge in [0.2, 0.25) is 0 Å². The van der Waals surface area contributed by atoms with Gasteiger partial charge in [-0.3, -0.25) is 4.79 Å². The van der Waals surface area contributed by atoms with E-state index in [2.05, 4.69) is 6.58 Å². The Balaban J connectivity index is 2.08. The number of hydrogen-bond donors (Lipinski definition) is 1. The molecule has 0 aliphatic heterocycles. The average Bonchev–Trinajstić information content (AvgIpc) is 2.51. The fourth-order valence-electron chi connectivity index (χ4n) is 1.94. The Kier molecular flexibility index (Phi) is 5.36. The van der Waals surface area contributed by atoms with Gasteiger partial charge in [-0.05, 0) is 31.2 Å². The van der Waals surface area contributed by atoms with Crippen LogP contribution >= 0.6 is 0 Å². The van der Waals surface area contributed by atoms with Crippen molar-refractivity contribution in [3.63, 3.8) is 0 Å². The molecule has 0 aliphatic carbocycles. The predicted octanol–water partition coefficient (Wildman–Crippen LogP) is 1.92. The van der Waals surface area contributed by atoms with Crippen LogP contribution in [0.1, 0.15) is 12.5 Å². The molecule has 0 unspecified atom stereocenters. The first-order chi connectivity index (χ1) is 11.4. The first-order valence-electron chi connectivity index (χ1n) is 7.11. The van der Waals surface area contributed by atoms with Crippen LogP contribution in [0, 0.1) is 0 Å². The summed E-state index contributed by atoms with van der Waals surface area (Å²) in [7, 11) is 0. The van der Waals surface area contributed by atoms with E-state index >= 15 is 0 Å². The van der Waals surface area contributed by atoms with E-state index < -0.39 is 24.0 Å². The molecular weight excluding hydrogens is 316 g/mol. The fraction of sp³-hybridized carbons (Fsp3) is 0.235. The number of carboxylic acid groups (broad SMARTS) is 1. The monoisotopic (exact) mass is 332 g/mol. The van der Waals surface area contributed by atoms with Crippen LogP contribution in [0.3, 0.4) is 0 Å². The molecule has 0 saturated carbocycles. The molecule has 0 bridgehead atoms. The molecule has 2 aromatic rings. The molecular formula is C17H16O7. The van der Waals surface area contributed by atoms with Gasteiger partial charge in [0.15, 0.2) is 0 Å². The molecule has 7 heteroatoms. The maximum Gasteiger partial charge on any atom is 0.340 e. The smallest absolute Gasteiger partial charge is 0.340 e. The van der Waals surface area contributed by atoms with Crippen LogP contribution < -0.4 is 10.4 Å². The Hall–Kier alpha value is -3.09. The van der Waals surface area contributed by atoms with Crippen molar-refractivity contribution in [3.8, 4) is 5.75 Å². The van der Waals surface area contributed by atoms with Crippen molar-refractivity contribution in [2.75, 3.05) is 13.2 Å². The third-order valence-electron chi connectivity index (χ3n) is 3.05. The molecule has 0 amide bonds. The van der Waals surface area contributed by atoms with Gasteiger partial charge in [-0.2, -0.15) is 0 Å². The number of rotatable bonds is 7. The number of esters is 1. The van der Waals surface area contributed by atoms with Gasteiger partial charge in [0.1, 0.15) is 24.5 Å². The Labute approximate surface area is 137 Å². The molecule has 1 aromatic heterocycles. The Bertz CT molecular complexity index is 848. The number of ether oxygens (including phenoxy) is 2. The third-order valence-corrected chi connectivity index (χ3v) is 3.05. The van der Waals surface area contributed by atoms with Gasteiger partial charge < -0.3 is 19.0 Å². The van der Waals surface area contributed by atoms with E-state index in [-0.39, 0.29) is 18.8 Å². The lowest BCUT2D eigenvalue weighted by atomic mass is 10.1. The number of hydrogen-bond acceptors (Lipinski definition) is 6. The highest BCUT2D eigenvalue weighted by atomic mass is 16.6. The standard InChI is InChI=1S/C17H16O7/c1-10(2)16(20)23-6-5-22-13-3-4-14-11(8-13)7-12(9-15(18)19)17(21)24-14/h3-4,7-8H,1,5-6,9H2,2H3,(H,18,19). The summed E-state index contributed by atoms with van der Waals surface area (Å²) in [5.74, 6) is -1.13. The summed E-state index contributed by atoms with van der Waals surface area (Å²) < 4.78 is 15.4. The zero-order valence-corrected chi connectivity index (χ0v) is 13.0. The van der Waals surface area contributed by atoms with Crippen LogP contribution in [-0.4, -0.2) is 30.3 Å². The number of carboxylic acids is 1. The zero-order chi connectivity index (χ0) is 17.7. The molecule has 1 heterocycles. The second kappa shape index (κ2) is 7.45. The van der Waals surface area contributed by atoms with Crippen molar-refractivity contribution in [3.05, 3.63) is 52.4 Å². The molecule has 0 spiro atoms. The average molecular weight is 332 g/mol. The van der Waals surface area contributed by atoms with E-state index in [4.69, 9.17) is 19.0 Å². The van der Waals surface area contributed by atoms with Gasteiger partial charge in [0, 0.05) is 16.5 Å². The van der Waals surface area contributed by atoms with Crippen molar-refractivity contribution in [1.29, 1.82) is 0 Å². The zero-order valence-electron chi connectivity index (χ0n) is 13.0. The molecule has 126 valence electrons. The largest absolute Gasteiger partial charge is 0.490 e. The maximum atomic E-state index is 11.7. The van der Waals surface area contributed by atoms with E-state index in [1.807, 2.05) is 0 Å². The summed E-state index contributed by atoms with van der Waals surface area (Å²) in [6.07, 6.45) is -0.416. The minimum atomic E-state index is -1.12. The third kappa shape index (κ3) is 4.45. The molecule has 0 fully saturated rings. The van der Waals surface area contributed by atoms with E-state index in [0.29, 0.717) is 22.3 Å². The molecule has 2 rings (SSSR count). The number of carbonyl (C=O) groups is 2. The van der Waals surface area contributed by atoms with Gasteiger partial charge >= 0.3 is 17.6 Å². The molecule has 0 atom stereocenters. The van der Waals surface area contributed by atoms with Crippen LogP contribution in [0.5, 0.6) is 5.75 Å². The van der Waals surface area contributed by atoms with Crippen molar-refractivity contribution in [2.45, 2.75) is 13.3 Å². The topological polar surface area (TPSA) is 103 Å². The maximum absolute atomic E-state index is 11.7. The highest BCUT2D eigenvalue weighted by molar-refractivity contribution is 5.86. The molecule has 0 aliphatic rings. The summed E-state index contributed by atoms with van der Waals surface area (Å²) in [4.78, 5) is 33.6. The molecule has 1 N–H and O–H groups in total. The first kappa shape index (κ1) is 17.3.